The number of hydrogen-bond donors (Lipinski definition) is 0. The molecule has 42 heavy (non-hydrogen) atoms. The van der Waals surface area contributed by atoms with Gasteiger partial charge in [-0.05, 0) is 60.7 Å². The maximum atomic E-state index is 11.8. The Morgan fingerprint density at radius 3 is 0.976 bits per heavy atom. The predicted octanol–water partition coefficient (Wildman–Crippen LogP) is -9.85. The van der Waals surface area contributed by atoms with E-state index in [-0.39, 0.29) is 217 Å². The van der Waals surface area contributed by atoms with Gasteiger partial charge in [-0.2, -0.15) is 15.3 Å². The van der Waals surface area contributed by atoms with E-state index in [1.807, 2.05) is 0 Å². The second-order valence-corrected chi connectivity index (χ2v) is 12.5. The van der Waals surface area contributed by atoms with Gasteiger partial charge in [-0.3, -0.25) is 0 Å². The first-order chi connectivity index (χ1) is 17.4. The fourth-order valence-electron chi connectivity index (χ4n) is 2.69. The molecule has 0 N–H and O–H groups in total. The van der Waals surface area contributed by atoms with E-state index < -0.39 is 71.4 Å². The van der Waals surface area contributed by atoms with E-state index in [2.05, 4.69) is 20.5 Å². The van der Waals surface area contributed by atoms with Crippen molar-refractivity contribution in [2.24, 2.45) is 20.5 Å². The summed E-state index contributed by atoms with van der Waals surface area (Å²) >= 11 is 0. The standard InChI is InChI=1S/C18H14N4O12S4.4K/c23-35(24,25)14-5-1-11(2-6-14)19-21-13-9-16(37(29,30)31)18(17(10-13)38(32,33)34)22-20-12-3-7-15(8-4-12)36(26,27)28;;;;/h1-10H,(H,23,24,25)(H,26,27,28)(H,29,30,31)(H,32,33,34);;;;/q;4*+1/p-4. The van der Waals surface area contributed by atoms with Gasteiger partial charge in [0.2, 0.25) is 0 Å². The number of hydrogen-bond acceptors (Lipinski definition) is 16. The molecule has 0 aliphatic rings. The van der Waals surface area contributed by atoms with Crippen molar-refractivity contribution >= 4 is 63.2 Å². The minimum absolute atomic E-state index is 0. The fourth-order valence-corrected chi connectivity index (χ4v) is 5.00. The van der Waals surface area contributed by atoms with Crippen LogP contribution in [-0.4, -0.2) is 51.9 Å². The molecule has 0 atom stereocenters. The Morgan fingerprint density at radius 1 is 0.405 bits per heavy atom. The van der Waals surface area contributed by atoms with Crippen LogP contribution < -0.4 is 206 Å². The summed E-state index contributed by atoms with van der Waals surface area (Å²) in [7, 11) is -20.6. The second kappa shape index (κ2) is 19.3. The van der Waals surface area contributed by atoms with Crippen LogP contribution >= 0.6 is 0 Å². The fraction of sp³-hybridized carbons (Fsp3) is 0. The molecule has 3 aromatic rings. The first-order valence-corrected chi connectivity index (χ1v) is 15.0. The molecule has 0 radical (unpaired) electrons. The van der Waals surface area contributed by atoms with Crippen LogP contribution in [0.5, 0.6) is 0 Å². The predicted molar refractivity (Wildman–Crippen MR) is 120 cm³/mol. The van der Waals surface area contributed by atoms with Crippen molar-refractivity contribution in [2.45, 2.75) is 19.6 Å². The Bertz CT molecular complexity index is 1850. The molecule has 16 nitrogen and oxygen atoms in total. The monoisotopic (exact) mass is 758 g/mol. The Kier molecular flexibility index (Phi) is 21.7. The van der Waals surface area contributed by atoms with Crippen LogP contribution in [-0.2, 0) is 40.5 Å². The second-order valence-electron chi connectivity index (χ2n) is 6.99. The normalized spacial score (nSPS) is 12.1. The zero-order valence-electron chi connectivity index (χ0n) is 22.1. The largest absolute Gasteiger partial charge is 1.00 e. The van der Waals surface area contributed by atoms with Crippen LogP contribution in [0.25, 0.3) is 0 Å². The van der Waals surface area contributed by atoms with E-state index in [1.54, 1.807) is 0 Å². The van der Waals surface area contributed by atoms with Crippen LogP contribution in [0.15, 0.2) is 101 Å². The number of rotatable bonds is 8. The number of nitrogens with zero attached hydrogens (tertiary/aromatic N) is 4. The van der Waals surface area contributed by atoms with E-state index in [1.165, 1.54) is 0 Å². The third kappa shape index (κ3) is 14.3. The maximum Gasteiger partial charge on any atom is 1.00 e. The summed E-state index contributed by atoms with van der Waals surface area (Å²) in [6.07, 6.45) is 0. The van der Waals surface area contributed by atoms with Crippen LogP contribution in [0.3, 0.4) is 0 Å². The molecule has 0 saturated carbocycles. The molecule has 24 heteroatoms. The van der Waals surface area contributed by atoms with E-state index >= 15 is 0 Å². The molecule has 3 rings (SSSR count). The van der Waals surface area contributed by atoms with Gasteiger partial charge in [0.1, 0.15) is 46.2 Å². The zero-order valence-corrected chi connectivity index (χ0v) is 37.9. The zero-order chi connectivity index (χ0) is 28.5. The molecule has 0 aromatic heterocycles. The Morgan fingerprint density at radius 2 is 0.690 bits per heavy atom. The molecule has 0 amide bonds. The number of azo groups is 2. The molecular formula is C18H10K4N4O12S4. The minimum atomic E-state index is -5.50. The van der Waals surface area contributed by atoms with Gasteiger partial charge in [0.05, 0.1) is 36.6 Å². The summed E-state index contributed by atoms with van der Waals surface area (Å²) in [5.41, 5.74) is -2.08. The average molecular weight is 759 g/mol. The molecule has 0 heterocycles. The Balaban J connectivity index is 0. The van der Waals surface area contributed by atoms with Gasteiger partial charge in [0, 0.05) is 0 Å². The summed E-state index contributed by atoms with van der Waals surface area (Å²) in [5.74, 6) is 0. The molecular weight excluding hydrogens is 749 g/mol. The van der Waals surface area contributed by atoms with Gasteiger partial charge in [0.25, 0.3) is 0 Å². The third-order valence-electron chi connectivity index (χ3n) is 4.36. The Hall–Kier alpha value is 3.05. The van der Waals surface area contributed by atoms with E-state index in [0.29, 0.717) is 12.1 Å². The van der Waals surface area contributed by atoms with Gasteiger partial charge in [0.15, 0.2) is 0 Å². The first-order valence-electron chi connectivity index (χ1n) is 9.41. The summed E-state index contributed by atoms with van der Waals surface area (Å²) in [4.78, 5) is -3.87. The van der Waals surface area contributed by atoms with Crippen LogP contribution in [0.1, 0.15) is 0 Å². The summed E-state index contributed by atoms with van der Waals surface area (Å²) in [6.45, 7) is 0. The molecule has 0 aliphatic carbocycles. The van der Waals surface area contributed by atoms with E-state index in [4.69, 9.17) is 0 Å². The molecule has 0 bridgehead atoms. The van der Waals surface area contributed by atoms with E-state index in [0.717, 1.165) is 48.5 Å². The molecule has 3 aromatic carbocycles. The molecule has 0 fully saturated rings. The molecule has 202 valence electrons. The van der Waals surface area contributed by atoms with Crippen LogP contribution in [0.2, 0.25) is 0 Å². The maximum absolute atomic E-state index is 11.8. The van der Waals surface area contributed by atoms with Crippen LogP contribution in [0.4, 0.5) is 22.7 Å². The van der Waals surface area contributed by atoms with Crippen molar-refractivity contribution in [2.75, 3.05) is 0 Å². The van der Waals surface area contributed by atoms with Crippen molar-refractivity contribution in [3.8, 4) is 0 Å². The minimum Gasteiger partial charge on any atom is -0.744 e. The Labute approximate surface area is 411 Å². The van der Waals surface area contributed by atoms with Crippen molar-refractivity contribution in [3.05, 3.63) is 60.7 Å². The van der Waals surface area contributed by atoms with Crippen molar-refractivity contribution in [3.63, 3.8) is 0 Å². The first kappa shape index (κ1) is 47.2. The summed E-state index contributed by atoms with van der Waals surface area (Å²) in [6, 6.07) is 8.50. The number of benzene rings is 3. The third-order valence-corrected chi connectivity index (χ3v) is 7.76. The van der Waals surface area contributed by atoms with Gasteiger partial charge in [-0.1, -0.05) is 0 Å². The van der Waals surface area contributed by atoms with Crippen molar-refractivity contribution in [1.82, 2.24) is 0 Å². The summed E-state index contributed by atoms with van der Waals surface area (Å²) in [5, 5.41) is 14.0. The van der Waals surface area contributed by atoms with Crippen molar-refractivity contribution in [1.29, 1.82) is 0 Å². The van der Waals surface area contributed by atoms with E-state index in [9.17, 15) is 51.9 Å². The van der Waals surface area contributed by atoms with Gasteiger partial charge < -0.3 is 18.2 Å². The van der Waals surface area contributed by atoms with Crippen molar-refractivity contribution < 1.29 is 257 Å². The quantitative estimate of drug-likeness (QED) is 0.118. The average Bonchev–Trinajstić information content (AvgIpc) is 2.79. The van der Waals surface area contributed by atoms with Crippen LogP contribution in [0, 0.1) is 0 Å². The van der Waals surface area contributed by atoms with Gasteiger partial charge in [-0.15, -0.1) is 5.11 Å². The smallest absolute Gasteiger partial charge is 0.744 e. The molecule has 0 saturated heterocycles. The summed E-state index contributed by atoms with van der Waals surface area (Å²) < 4.78 is 137. The molecule has 0 unspecified atom stereocenters. The topological polar surface area (TPSA) is 278 Å². The SMILES string of the molecule is O=S(=O)([O-])c1ccc(N=Nc2cc(S(=O)(=O)[O-])c(N=Nc3ccc(S(=O)(=O)[O-])cc3)c(S(=O)(=O)[O-])c2)cc1.[K+].[K+].[K+].[K+]. The molecule has 0 spiro atoms. The van der Waals surface area contributed by atoms with Gasteiger partial charge >= 0.3 is 206 Å². The van der Waals surface area contributed by atoms with Gasteiger partial charge in [-0.25, -0.2) is 33.7 Å². The molecule has 0 aliphatic heterocycles.